The van der Waals surface area contributed by atoms with Crippen molar-refractivity contribution < 1.29 is 5.11 Å². The van der Waals surface area contributed by atoms with Gasteiger partial charge < -0.3 is 10.1 Å². The molecule has 2 heterocycles. The third-order valence-corrected chi connectivity index (χ3v) is 3.66. The maximum atomic E-state index is 9.35. The van der Waals surface area contributed by atoms with Crippen LogP contribution in [0.15, 0.2) is 23.8 Å². The number of H-pyrrole nitrogens is 1. The topological polar surface area (TPSA) is 48.9 Å². The van der Waals surface area contributed by atoms with Crippen LogP contribution in [0.4, 0.5) is 0 Å². The van der Waals surface area contributed by atoms with Crippen molar-refractivity contribution in [3.05, 3.63) is 29.5 Å². The molecule has 0 fully saturated rings. The molecule has 0 radical (unpaired) electrons. The number of nitrogens with one attached hydrogen (secondary N) is 1. The number of aromatic nitrogens is 2. The van der Waals surface area contributed by atoms with Crippen molar-refractivity contribution in [1.29, 1.82) is 0 Å². The maximum absolute atomic E-state index is 9.35. The molecule has 16 heavy (non-hydrogen) atoms. The predicted octanol–water partition coefficient (Wildman–Crippen LogP) is 2.87. The van der Waals surface area contributed by atoms with E-state index < -0.39 is 0 Å². The molecule has 0 aromatic carbocycles. The molecule has 0 bridgehead atoms. The van der Waals surface area contributed by atoms with Crippen molar-refractivity contribution in [3.63, 3.8) is 0 Å². The Hall–Kier alpha value is -1.13. The molecule has 86 valence electrons. The zero-order chi connectivity index (χ0) is 11.5. The molecule has 2 N–H and O–H groups in total. The van der Waals surface area contributed by atoms with Crippen molar-refractivity contribution in [2.45, 2.75) is 19.8 Å². The monoisotopic (exact) mass is 236 g/mol. The van der Waals surface area contributed by atoms with Crippen LogP contribution in [0.5, 0.6) is 0 Å². The normalized spacial score (nSPS) is 13.2. The second-order valence-corrected chi connectivity index (χ2v) is 5.07. The second-order valence-electron chi connectivity index (χ2n) is 4.21. The molecule has 0 amide bonds. The summed E-state index contributed by atoms with van der Waals surface area (Å²) in [6, 6.07) is 2.01. The summed E-state index contributed by atoms with van der Waals surface area (Å²) in [6.07, 6.45) is 3.83. The zero-order valence-corrected chi connectivity index (χ0v) is 10.3. The molecular weight excluding hydrogens is 220 g/mol. The summed E-state index contributed by atoms with van der Waals surface area (Å²) in [4.78, 5) is 7.60. The summed E-state index contributed by atoms with van der Waals surface area (Å²) >= 11 is 1.63. The first-order valence-corrected chi connectivity index (χ1v) is 6.29. The van der Waals surface area contributed by atoms with Crippen LogP contribution >= 0.6 is 11.3 Å². The summed E-state index contributed by atoms with van der Waals surface area (Å²) in [5, 5.41) is 12.4. The SMILES string of the molecule is CC(C)C(CO)c1csc(-c2cc[nH]c2)n1. The summed E-state index contributed by atoms with van der Waals surface area (Å²) in [6.45, 7) is 4.38. The molecule has 1 atom stereocenters. The largest absolute Gasteiger partial charge is 0.396 e. The van der Waals surface area contributed by atoms with Gasteiger partial charge >= 0.3 is 0 Å². The Balaban J connectivity index is 2.25. The first-order chi connectivity index (χ1) is 7.72. The number of hydrogen-bond donors (Lipinski definition) is 2. The van der Waals surface area contributed by atoms with Gasteiger partial charge in [-0.25, -0.2) is 4.98 Å². The van der Waals surface area contributed by atoms with E-state index >= 15 is 0 Å². The van der Waals surface area contributed by atoms with Crippen LogP contribution in [-0.2, 0) is 0 Å². The van der Waals surface area contributed by atoms with Crippen molar-refractivity contribution in [3.8, 4) is 10.6 Å². The summed E-state index contributed by atoms with van der Waals surface area (Å²) in [5.74, 6) is 0.551. The average Bonchev–Trinajstić information content (AvgIpc) is 2.86. The zero-order valence-electron chi connectivity index (χ0n) is 9.47. The molecule has 0 aliphatic carbocycles. The van der Waals surface area contributed by atoms with Crippen molar-refractivity contribution in [2.75, 3.05) is 6.61 Å². The molecule has 2 aromatic rings. The van der Waals surface area contributed by atoms with Crippen LogP contribution in [0.25, 0.3) is 10.6 Å². The number of hydrogen-bond acceptors (Lipinski definition) is 3. The van der Waals surface area contributed by atoms with Gasteiger partial charge in [-0.1, -0.05) is 13.8 Å². The first-order valence-electron chi connectivity index (χ1n) is 5.41. The predicted molar refractivity (Wildman–Crippen MR) is 66.6 cm³/mol. The minimum Gasteiger partial charge on any atom is -0.396 e. The van der Waals surface area contributed by atoms with Gasteiger partial charge in [0.1, 0.15) is 5.01 Å². The van der Waals surface area contributed by atoms with E-state index in [-0.39, 0.29) is 12.5 Å². The number of nitrogens with zero attached hydrogens (tertiary/aromatic N) is 1. The Bertz CT molecular complexity index is 434. The van der Waals surface area contributed by atoms with E-state index in [4.69, 9.17) is 0 Å². The fraction of sp³-hybridized carbons (Fsp3) is 0.417. The molecule has 2 aromatic heterocycles. The number of aromatic amines is 1. The van der Waals surface area contributed by atoms with Crippen molar-refractivity contribution in [2.24, 2.45) is 5.92 Å². The van der Waals surface area contributed by atoms with E-state index in [1.807, 2.05) is 23.8 Å². The van der Waals surface area contributed by atoms with Gasteiger partial charge in [-0.15, -0.1) is 11.3 Å². The van der Waals surface area contributed by atoms with Gasteiger partial charge in [0, 0.05) is 29.3 Å². The molecule has 1 unspecified atom stereocenters. The lowest BCUT2D eigenvalue weighted by Crippen LogP contribution is -2.11. The molecule has 4 heteroatoms. The van der Waals surface area contributed by atoms with Crippen LogP contribution in [0.1, 0.15) is 25.5 Å². The van der Waals surface area contributed by atoms with Gasteiger partial charge in [0.05, 0.1) is 12.3 Å². The van der Waals surface area contributed by atoms with Gasteiger partial charge in [0.25, 0.3) is 0 Å². The average molecular weight is 236 g/mol. The Morgan fingerprint density at radius 1 is 1.50 bits per heavy atom. The van der Waals surface area contributed by atoms with E-state index in [0.717, 1.165) is 16.3 Å². The molecule has 0 saturated carbocycles. The summed E-state index contributed by atoms with van der Waals surface area (Å²) in [7, 11) is 0. The number of aliphatic hydroxyl groups excluding tert-OH is 1. The van der Waals surface area contributed by atoms with Gasteiger partial charge in [0.2, 0.25) is 0 Å². The molecule has 0 spiro atoms. The van der Waals surface area contributed by atoms with Gasteiger partial charge in [-0.3, -0.25) is 0 Å². The van der Waals surface area contributed by atoms with E-state index in [1.165, 1.54) is 0 Å². The molecule has 2 rings (SSSR count). The highest BCUT2D eigenvalue weighted by Gasteiger charge is 2.18. The lowest BCUT2D eigenvalue weighted by Gasteiger charge is -2.15. The van der Waals surface area contributed by atoms with Crippen LogP contribution in [0.3, 0.4) is 0 Å². The van der Waals surface area contributed by atoms with E-state index in [9.17, 15) is 5.11 Å². The Labute approximate surface area is 99.2 Å². The molecule has 3 nitrogen and oxygen atoms in total. The van der Waals surface area contributed by atoms with E-state index in [0.29, 0.717) is 5.92 Å². The minimum absolute atomic E-state index is 0.143. The quantitative estimate of drug-likeness (QED) is 0.857. The fourth-order valence-electron chi connectivity index (χ4n) is 1.69. The number of rotatable bonds is 4. The second kappa shape index (κ2) is 4.80. The maximum Gasteiger partial charge on any atom is 0.125 e. The van der Waals surface area contributed by atoms with Crippen molar-refractivity contribution >= 4 is 11.3 Å². The third-order valence-electron chi connectivity index (χ3n) is 2.75. The first kappa shape index (κ1) is 11.4. The highest BCUT2D eigenvalue weighted by atomic mass is 32.1. The third kappa shape index (κ3) is 2.18. The Kier molecular flexibility index (Phi) is 3.41. The van der Waals surface area contributed by atoms with Crippen LogP contribution < -0.4 is 0 Å². The van der Waals surface area contributed by atoms with Crippen LogP contribution in [0.2, 0.25) is 0 Å². The van der Waals surface area contributed by atoms with Gasteiger partial charge in [0.15, 0.2) is 0 Å². The summed E-state index contributed by atoms with van der Waals surface area (Å²) in [5.41, 5.74) is 2.11. The van der Waals surface area contributed by atoms with E-state index in [1.54, 1.807) is 11.3 Å². The standard InChI is InChI=1S/C12H16N2OS/c1-8(2)10(6-15)11-7-16-12(14-11)9-3-4-13-5-9/h3-5,7-8,10,13,15H,6H2,1-2H3. The van der Waals surface area contributed by atoms with Gasteiger partial charge in [-0.2, -0.15) is 0 Å². The molecular formula is C12H16N2OS. The molecule has 0 aliphatic rings. The Morgan fingerprint density at radius 3 is 2.88 bits per heavy atom. The van der Waals surface area contributed by atoms with E-state index in [2.05, 4.69) is 23.8 Å². The number of thiazole rings is 1. The summed E-state index contributed by atoms with van der Waals surface area (Å²) < 4.78 is 0. The lowest BCUT2D eigenvalue weighted by atomic mass is 9.94. The highest BCUT2D eigenvalue weighted by Crippen LogP contribution is 2.29. The Morgan fingerprint density at radius 2 is 2.31 bits per heavy atom. The highest BCUT2D eigenvalue weighted by molar-refractivity contribution is 7.13. The van der Waals surface area contributed by atoms with Crippen LogP contribution in [-0.4, -0.2) is 21.7 Å². The molecule has 0 saturated heterocycles. The fourth-order valence-corrected chi connectivity index (χ4v) is 2.57. The minimum atomic E-state index is 0.143. The van der Waals surface area contributed by atoms with Crippen molar-refractivity contribution in [1.82, 2.24) is 9.97 Å². The van der Waals surface area contributed by atoms with Crippen LogP contribution in [0, 0.1) is 5.92 Å². The molecule has 0 aliphatic heterocycles. The smallest absolute Gasteiger partial charge is 0.125 e. The number of aliphatic hydroxyl groups is 1. The van der Waals surface area contributed by atoms with Gasteiger partial charge in [-0.05, 0) is 12.0 Å². The lowest BCUT2D eigenvalue weighted by molar-refractivity contribution is 0.235.